The molecule has 0 spiro atoms. The minimum Gasteiger partial charge on any atom is -0.508 e. The molecule has 1 heterocycles. The second kappa shape index (κ2) is 7.80. The lowest BCUT2D eigenvalue weighted by Crippen LogP contribution is -2.40. The smallest absolute Gasteiger partial charge is 0.233 e. The van der Waals surface area contributed by atoms with E-state index in [-0.39, 0.29) is 46.5 Å². The number of hydrogen-bond acceptors (Lipinski definition) is 5. The maximum Gasteiger partial charge on any atom is 0.233 e. The zero-order valence-electron chi connectivity index (χ0n) is 18.4. The lowest BCUT2D eigenvalue weighted by molar-refractivity contribution is -0.140. The number of phenols is 1. The number of aromatic hydroxyl groups is 1. The van der Waals surface area contributed by atoms with Gasteiger partial charge in [0.2, 0.25) is 11.8 Å². The van der Waals surface area contributed by atoms with Crippen LogP contribution < -0.4 is 0 Å². The van der Waals surface area contributed by atoms with Crippen LogP contribution in [-0.2, 0) is 19.2 Å². The lowest BCUT2D eigenvalue weighted by atomic mass is 9.59. The molecule has 4 aliphatic rings. The lowest BCUT2D eigenvalue weighted by Gasteiger charge is -2.42. The summed E-state index contributed by atoms with van der Waals surface area (Å²) in [5, 5.41) is 10.2. The summed E-state index contributed by atoms with van der Waals surface area (Å²) < 4.78 is 0. The predicted molar refractivity (Wildman–Crippen MR) is 121 cm³/mol. The molecule has 0 radical (unpaired) electrons. The number of imide groups is 1. The second-order valence-corrected chi connectivity index (χ2v) is 9.67. The number of Topliss-reactive ketones (excluding diaryl/α,β-unsaturated/α-hetero) is 1. The van der Waals surface area contributed by atoms with Gasteiger partial charge in [0.25, 0.3) is 0 Å². The molecule has 1 aromatic rings. The topological polar surface area (TPSA) is 91.8 Å². The molecule has 2 amide bonds. The molecule has 33 heavy (non-hydrogen) atoms. The standard InChI is InChI=1S/C26H24ClNO5/c1-3-8-28-25(32)16-7-6-14-17(22(16)26(28)33)11-18-20(30)9-12(2)24(31)23(18)21(14)15-5-4-13(29)10-19(15)27/h4-6,9-10,16-17,21-22,29H,3,7-8,11H2,1-2H3. The van der Waals surface area contributed by atoms with E-state index in [0.29, 0.717) is 41.7 Å². The van der Waals surface area contributed by atoms with Crippen LogP contribution >= 0.6 is 11.6 Å². The van der Waals surface area contributed by atoms with Crippen molar-refractivity contribution < 1.29 is 24.3 Å². The van der Waals surface area contributed by atoms with Crippen molar-refractivity contribution in [3.63, 3.8) is 0 Å². The van der Waals surface area contributed by atoms with Gasteiger partial charge in [-0.1, -0.05) is 36.2 Å². The Morgan fingerprint density at radius 2 is 1.88 bits per heavy atom. The number of phenolic OH excluding ortho intramolecular Hbond substituents is 1. The van der Waals surface area contributed by atoms with Gasteiger partial charge in [-0.25, -0.2) is 0 Å². The van der Waals surface area contributed by atoms with Crippen molar-refractivity contribution in [1.29, 1.82) is 0 Å². The fourth-order valence-electron chi connectivity index (χ4n) is 5.98. The minimum absolute atomic E-state index is 0.00287. The number of nitrogens with zero attached hydrogens (tertiary/aromatic N) is 1. The minimum atomic E-state index is -0.601. The Labute approximate surface area is 196 Å². The molecular weight excluding hydrogens is 442 g/mol. The molecule has 5 rings (SSSR count). The van der Waals surface area contributed by atoms with Gasteiger partial charge in [0.05, 0.1) is 11.8 Å². The molecule has 1 aliphatic heterocycles. The van der Waals surface area contributed by atoms with Crippen molar-refractivity contribution in [2.75, 3.05) is 6.54 Å². The van der Waals surface area contributed by atoms with Crippen LogP contribution in [-0.4, -0.2) is 39.9 Å². The third-order valence-electron chi connectivity index (χ3n) is 7.40. The third-order valence-corrected chi connectivity index (χ3v) is 7.73. The van der Waals surface area contributed by atoms with Gasteiger partial charge in [-0.15, -0.1) is 0 Å². The van der Waals surface area contributed by atoms with E-state index in [1.165, 1.54) is 23.1 Å². The Morgan fingerprint density at radius 3 is 2.58 bits per heavy atom. The molecule has 0 bridgehead atoms. The summed E-state index contributed by atoms with van der Waals surface area (Å²) in [5.41, 5.74) is 2.63. The number of rotatable bonds is 3. The van der Waals surface area contributed by atoms with Gasteiger partial charge in [0.15, 0.2) is 11.6 Å². The van der Waals surface area contributed by atoms with Gasteiger partial charge < -0.3 is 5.11 Å². The largest absolute Gasteiger partial charge is 0.508 e. The van der Waals surface area contributed by atoms with E-state index in [4.69, 9.17) is 11.6 Å². The highest BCUT2D eigenvalue weighted by Gasteiger charge is 2.56. The van der Waals surface area contributed by atoms with E-state index in [0.717, 1.165) is 5.57 Å². The van der Waals surface area contributed by atoms with Gasteiger partial charge in [-0.3, -0.25) is 24.1 Å². The molecule has 7 heteroatoms. The predicted octanol–water partition coefficient (Wildman–Crippen LogP) is 3.89. The number of likely N-dealkylation sites (tertiary alicyclic amines) is 1. The number of benzene rings is 1. The monoisotopic (exact) mass is 465 g/mol. The average Bonchev–Trinajstić information content (AvgIpc) is 3.02. The molecular formula is C26H24ClNO5. The quantitative estimate of drug-likeness (QED) is 0.415. The van der Waals surface area contributed by atoms with E-state index >= 15 is 0 Å². The van der Waals surface area contributed by atoms with Crippen molar-refractivity contribution in [2.24, 2.45) is 17.8 Å². The summed E-state index contributed by atoms with van der Waals surface area (Å²) in [7, 11) is 0. The number of amides is 2. The number of hydrogen-bond donors (Lipinski definition) is 1. The number of allylic oxidation sites excluding steroid dienone is 6. The van der Waals surface area contributed by atoms with E-state index in [1.54, 1.807) is 13.0 Å². The molecule has 3 aliphatic carbocycles. The molecule has 1 fully saturated rings. The van der Waals surface area contributed by atoms with E-state index in [9.17, 15) is 24.3 Å². The number of fused-ring (bicyclic) bond motifs is 3. The van der Waals surface area contributed by atoms with Gasteiger partial charge >= 0.3 is 0 Å². The fourth-order valence-corrected chi connectivity index (χ4v) is 6.26. The molecule has 4 unspecified atom stereocenters. The SMILES string of the molecule is CCCN1C(=O)C2CC=C3C(c4ccc(O)cc4Cl)C4=C(CC3C2C1=O)C(=O)C=C(C)C4=O. The Hall–Kier alpha value is -2.99. The fraction of sp³-hybridized carbons (Fsp3) is 0.385. The normalized spacial score (nSPS) is 29.0. The summed E-state index contributed by atoms with van der Waals surface area (Å²) >= 11 is 6.52. The van der Waals surface area contributed by atoms with E-state index < -0.39 is 17.8 Å². The highest BCUT2D eigenvalue weighted by molar-refractivity contribution is 6.32. The molecule has 170 valence electrons. The van der Waals surface area contributed by atoms with Crippen LogP contribution in [0.5, 0.6) is 5.75 Å². The van der Waals surface area contributed by atoms with Crippen molar-refractivity contribution in [1.82, 2.24) is 4.90 Å². The average molecular weight is 466 g/mol. The summed E-state index contributed by atoms with van der Waals surface area (Å²) in [5.74, 6) is -2.74. The van der Waals surface area contributed by atoms with Gasteiger partial charge in [0.1, 0.15) is 5.75 Å². The van der Waals surface area contributed by atoms with Gasteiger partial charge in [0, 0.05) is 34.2 Å². The maximum atomic E-state index is 13.3. The molecule has 1 saturated heterocycles. The van der Waals surface area contributed by atoms with Crippen LogP contribution in [0.1, 0.15) is 44.6 Å². The Balaban J connectivity index is 1.69. The van der Waals surface area contributed by atoms with Crippen LogP contribution in [0.25, 0.3) is 0 Å². The molecule has 4 atom stereocenters. The first-order valence-electron chi connectivity index (χ1n) is 11.3. The van der Waals surface area contributed by atoms with Crippen molar-refractivity contribution in [2.45, 2.75) is 39.0 Å². The number of carbonyl (C=O) groups is 4. The first kappa shape index (κ1) is 21.8. The first-order chi connectivity index (χ1) is 15.7. The van der Waals surface area contributed by atoms with E-state index in [2.05, 4.69) is 0 Å². The summed E-state index contributed by atoms with van der Waals surface area (Å²) in [4.78, 5) is 54.0. The van der Waals surface area contributed by atoms with Gasteiger partial charge in [-0.05, 0) is 55.9 Å². The van der Waals surface area contributed by atoms with Crippen LogP contribution in [0.15, 0.2) is 52.6 Å². The maximum absolute atomic E-state index is 13.3. The first-order valence-corrected chi connectivity index (χ1v) is 11.7. The summed E-state index contributed by atoms with van der Waals surface area (Å²) in [6.45, 7) is 3.93. The van der Waals surface area contributed by atoms with Crippen LogP contribution in [0.2, 0.25) is 5.02 Å². The van der Waals surface area contributed by atoms with Crippen LogP contribution in [0, 0.1) is 17.8 Å². The van der Waals surface area contributed by atoms with Crippen molar-refractivity contribution in [3.8, 4) is 5.75 Å². The van der Waals surface area contributed by atoms with Crippen LogP contribution in [0.4, 0.5) is 0 Å². The highest BCUT2D eigenvalue weighted by atomic mass is 35.5. The second-order valence-electron chi connectivity index (χ2n) is 9.26. The molecule has 1 N–H and O–H groups in total. The Morgan fingerprint density at radius 1 is 1.12 bits per heavy atom. The zero-order chi connectivity index (χ0) is 23.6. The molecule has 0 saturated carbocycles. The molecule has 1 aromatic carbocycles. The number of carbonyl (C=O) groups excluding carboxylic acids is 4. The zero-order valence-corrected chi connectivity index (χ0v) is 19.2. The molecule has 0 aromatic heterocycles. The molecule has 6 nitrogen and oxygen atoms in total. The van der Waals surface area contributed by atoms with Crippen molar-refractivity contribution >= 4 is 35.0 Å². The number of halogens is 1. The van der Waals surface area contributed by atoms with Crippen LogP contribution in [0.3, 0.4) is 0 Å². The third kappa shape index (κ3) is 3.15. The Kier molecular flexibility index (Phi) is 5.16. The summed E-state index contributed by atoms with van der Waals surface area (Å²) in [6.07, 6.45) is 4.67. The van der Waals surface area contributed by atoms with Gasteiger partial charge in [-0.2, -0.15) is 0 Å². The van der Waals surface area contributed by atoms with E-state index in [1.807, 2.05) is 13.0 Å². The Bertz CT molecular complexity index is 1220. The highest BCUT2D eigenvalue weighted by Crippen LogP contribution is 2.55. The number of ketones is 2. The van der Waals surface area contributed by atoms with Crippen molar-refractivity contribution in [3.05, 3.63) is 63.2 Å². The summed E-state index contributed by atoms with van der Waals surface area (Å²) in [6, 6.07) is 4.58.